The van der Waals surface area contributed by atoms with E-state index in [1.54, 1.807) is 17.0 Å². The van der Waals surface area contributed by atoms with E-state index in [2.05, 4.69) is 24.1 Å². The Hall–Kier alpha value is -1.95. The van der Waals surface area contributed by atoms with Crippen LogP contribution in [0.3, 0.4) is 0 Å². The molecule has 0 saturated carbocycles. The molecule has 1 aliphatic heterocycles. The molecule has 6 heteroatoms. The van der Waals surface area contributed by atoms with Crippen LogP contribution in [0.15, 0.2) is 24.3 Å². The number of hydrogen-bond acceptors (Lipinski definition) is 3. The fourth-order valence-corrected chi connectivity index (χ4v) is 3.04. The van der Waals surface area contributed by atoms with Crippen molar-refractivity contribution in [1.29, 1.82) is 0 Å². The minimum atomic E-state index is -0.186. The van der Waals surface area contributed by atoms with Crippen LogP contribution in [0.5, 0.6) is 0 Å². The summed E-state index contributed by atoms with van der Waals surface area (Å²) in [6.45, 7) is 7.58. The Kier molecular flexibility index (Phi) is 8.04. The summed E-state index contributed by atoms with van der Waals surface area (Å²) < 4.78 is 13.8. The van der Waals surface area contributed by atoms with Crippen LogP contribution in [0.4, 0.5) is 4.39 Å². The summed E-state index contributed by atoms with van der Waals surface area (Å²) >= 11 is 0. The standard InChI is InChI=1S/C20H30FN3O2/c1-16(2)8-9-19(25)22-14-20(26)24-11-5-10-23(12-13-24)15-17-6-3-4-7-18(17)21/h3-4,6-7,16H,5,8-15H2,1-2H3,(H,22,25). The summed E-state index contributed by atoms with van der Waals surface area (Å²) in [4.78, 5) is 28.1. The second-order valence-electron chi connectivity index (χ2n) is 7.31. The van der Waals surface area contributed by atoms with Crippen molar-refractivity contribution in [3.8, 4) is 0 Å². The molecule has 1 aromatic carbocycles. The van der Waals surface area contributed by atoms with E-state index in [1.165, 1.54) is 6.07 Å². The number of nitrogens with zero attached hydrogens (tertiary/aromatic N) is 2. The lowest BCUT2D eigenvalue weighted by atomic mass is 10.1. The SMILES string of the molecule is CC(C)CCC(=O)NCC(=O)N1CCCN(Cc2ccccc2F)CC1. The van der Waals surface area contributed by atoms with Crippen LogP contribution in [0.25, 0.3) is 0 Å². The van der Waals surface area contributed by atoms with Crippen LogP contribution in [-0.4, -0.2) is 54.3 Å². The lowest BCUT2D eigenvalue weighted by Gasteiger charge is -2.22. The summed E-state index contributed by atoms with van der Waals surface area (Å²) in [5.41, 5.74) is 0.685. The van der Waals surface area contributed by atoms with E-state index in [1.807, 2.05) is 6.07 Å². The number of hydrogen-bond donors (Lipinski definition) is 1. The highest BCUT2D eigenvalue weighted by Crippen LogP contribution is 2.12. The minimum Gasteiger partial charge on any atom is -0.347 e. The van der Waals surface area contributed by atoms with Gasteiger partial charge >= 0.3 is 0 Å². The Bertz CT molecular complexity index is 606. The molecular formula is C20H30FN3O2. The Morgan fingerprint density at radius 2 is 1.92 bits per heavy atom. The summed E-state index contributed by atoms with van der Waals surface area (Å²) in [5, 5.41) is 2.72. The number of nitrogens with one attached hydrogen (secondary N) is 1. The Labute approximate surface area is 155 Å². The van der Waals surface area contributed by atoms with Gasteiger partial charge in [-0.2, -0.15) is 0 Å². The first kappa shape index (κ1) is 20.4. The monoisotopic (exact) mass is 363 g/mol. The highest BCUT2D eigenvalue weighted by atomic mass is 19.1. The van der Waals surface area contributed by atoms with E-state index in [-0.39, 0.29) is 24.2 Å². The zero-order valence-corrected chi connectivity index (χ0v) is 15.8. The van der Waals surface area contributed by atoms with Crippen molar-refractivity contribution in [2.75, 3.05) is 32.7 Å². The van der Waals surface area contributed by atoms with Gasteiger partial charge in [-0.1, -0.05) is 32.0 Å². The third-order valence-corrected chi connectivity index (χ3v) is 4.68. The van der Waals surface area contributed by atoms with Crippen LogP contribution in [0.1, 0.15) is 38.7 Å². The molecule has 1 aliphatic rings. The first-order valence-corrected chi connectivity index (χ1v) is 9.46. The van der Waals surface area contributed by atoms with E-state index in [0.29, 0.717) is 44.1 Å². The largest absolute Gasteiger partial charge is 0.347 e. The molecule has 1 fully saturated rings. The van der Waals surface area contributed by atoms with Crippen molar-refractivity contribution in [2.45, 2.75) is 39.7 Å². The quantitative estimate of drug-likeness (QED) is 0.809. The molecular weight excluding hydrogens is 333 g/mol. The van der Waals surface area contributed by atoms with Crippen molar-refractivity contribution in [1.82, 2.24) is 15.1 Å². The van der Waals surface area contributed by atoms with Gasteiger partial charge in [0.2, 0.25) is 11.8 Å². The van der Waals surface area contributed by atoms with Gasteiger partial charge in [0.15, 0.2) is 0 Å². The molecule has 0 bridgehead atoms. The zero-order chi connectivity index (χ0) is 18.9. The first-order chi connectivity index (χ1) is 12.5. The minimum absolute atomic E-state index is 0.0457. The van der Waals surface area contributed by atoms with E-state index in [9.17, 15) is 14.0 Å². The molecule has 1 saturated heterocycles. The number of carbonyl (C=O) groups excluding carboxylic acids is 2. The third-order valence-electron chi connectivity index (χ3n) is 4.68. The van der Waals surface area contributed by atoms with Gasteiger partial charge in [0.1, 0.15) is 5.82 Å². The maximum atomic E-state index is 13.8. The molecule has 2 rings (SSSR count). The van der Waals surface area contributed by atoms with Crippen molar-refractivity contribution in [2.24, 2.45) is 5.92 Å². The molecule has 0 unspecified atom stereocenters. The third kappa shape index (κ3) is 6.75. The molecule has 1 N–H and O–H groups in total. The Morgan fingerprint density at radius 1 is 1.15 bits per heavy atom. The van der Waals surface area contributed by atoms with Crippen LogP contribution < -0.4 is 5.32 Å². The van der Waals surface area contributed by atoms with Gasteiger partial charge in [0.05, 0.1) is 6.54 Å². The number of rotatable bonds is 7. The topological polar surface area (TPSA) is 52.7 Å². The summed E-state index contributed by atoms with van der Waals surface area (Å²) in [6.07, 6.45) is 2.14. The summed E-state index contributed by atoms with van der Waals surface area (Å²) in [7, 11) is 0. The van der Waals surface area contributed by atoms with Gasteiger partial charge in [-0.05, 0) is 24.8 Å². The molecule has 0 atom stereocenters. The molecule has 0 spiro atoms. The number of amides is 2. The highest BCUT2D eigenvalue weighted by Gasteiger charge is 2.20. The van der Waals surface area contributed by atoms with E-state index >= 15 is 0 Å². The molecule has 26 heavy (non-hydrogen) atoms. The fourth-order valence-electron chi connectivity index (χ4n) is 3.04. The van der Waals surface area contributed by atoms with Crippen LogP contribution in [-0.2, 0) is 16.1 Å². The van der Waals surface area contributed by atoms with E-state index in [4.69, 9.17) is 0 Å². The van der Waals surface area contributed by atoms with Gasteiger partial charge in [0.25, 0.3) is 0 Å². The normalized spacial score (nSPS) is 15.8. The maximum Gasteiger partial charge on any atom is 0.242 e. The number of carbonyl (C=O) groups is 2. The predicted molar refractivity (Wildman–Crippen MR) is 100.0 cm³/mol. The van der Waals surface area contributed by atoms with Crippen LogP contribution >= 0.6 is 0 Å². The van der Waals surface area contributed by atoms with Crippen LogP contribution in [0.2, 0.25) is 0 Å². The summed E-state index contributed by atoms with van der Waals surface area (Å²) in [6, 6.07) is 6.81. The van der Waals surface area contributed by atoms with Gasteiger partial charge in [-0.25, -0.2) is 4.39 Å². The smallest absolute Gasteiger partial charge is 0.242 e. The molecule has 0 aromatic heterocycles. The first-order valence-electron chi connectivity index (χ1n) is 9.46. The number of benzene rings is 1. The molecule has 0 aliphatic carbocycles. The summed E-state index contributed by atoms with van der Waals surface area (Å²) in [5.74, 6) is 0.176. The molecule has 144 valence electrons. The molecule has 0 radical (unpaired) electrons. The van der Waals surface area contributed by atoms with Gasteiger partial charge in [0, 0.05) is 44.7 Å². The Morgan fingerprint density at radius 3 is 2.65 bits per heavy atom. The van der Waals surface area contributed by atoms with Gasteiger partial charge in [-0.3, -0.25) is 14.5 Å². The number of halogens is 1. The average molecular weight is 363 g/mol. The molecule has 1 aromatic rings. The second kappa shape index (κ2) is 10.3. The van der Waals surface area contributed by atoms with Gasteiger partial charge < -0.3 is 10.2 Å². The van der Waals surface area contributed by atoms with Crippen molar-refractivity contribution in [3.63, 3.8) is 0 Å². The van der Waals surface area contributed by atoms with E-state index in [0.717, 1.165) is 19.4 Å². The van der Waals surface area contributed by atoms with Gasteiger partial charge in [-0.15, -0.1) is 0 Å². The second-order valence-corrected chi connectivity index (χ2v) is 7.31. The fraction of sp³-hybridized carbons (Fsp3) is 0.600. The molecule has 2 amide bonds. The Balaban J connectivity index is 1.76. The van der Waals surface area contributed by atoms with Crippen molar-refractivity contribution in [3.05, 3.63) is 35.6 Å². The van der Waals surface area contributed by atoms with Crippen LogP contribution in [0, 0.1) is 11.7 Å². The lowest BCUT2D eigenvalue weighted by molar-refractivity contribution is -0.132. The average Bonchev–Trinajstić information content (AvgIpc) is 2.85. The zero-order valence-electron chi connectivity index (χ0n) is 15.8. The van der Waals surface area contributed by atoms with Crippen molar-refractivity contribution < 1.29 is 14.0 Å². The lowest BCUT2D eigenvalue weighted by Crippen LogP contribution is -2.42. The maximum absolute atomic E-state index is 13.8. The van der Waals surface area contributed by atoms with Crippen molar-refractivity contribution >= 4 is 11.8 Å². The molecule has 1 heterocycles. The predicted octanol–water partition coefficient (Wildman–Crippen LogP) is 2.41. The highest BCUT2D eigenvalue weighted by molar-refractivity contribution is 5.84. The molecule has 5 nitrogen and oxygen atoms in total. The van der Waals surface area contributed by atoms with E-state index < -0.39 is 0 Å².